The summed E-state index contributed by atoms with van der Waals surface area (Å²) in [5, 5.41) is 3.32. The lowest BCUT2D eigenvalue weighted by molar-refractivity contribution is 0.431. The van der Waals surface area contributed by atoms with E-state index in [0.717, 1.165) is 12.5 Å². The van der Waals surface area contributed by atoms with E-state index in [1.165, 1.54) is 23.1 Å². The third-order valence-corrected chi connectivity index (χ3v) is 3.71. The van der Waals surface area contributed by atoms with Crippen molar-refractivity contribution in [3.8, 4) is 0 Å². The number of rotatable bonds is 5. The summed E-state index contributed by atoms with van der Waals surface area (Å²) in [6, 6.07) is 6.88. The van der Waals surface area contributed by atoms with Crippen LogP contribution in [0.25, 0.3) is 0 Å². The van der Waals surface area contributed by atoms with Gasteiger partial charge in [0.25, 0.3) is 0 Å². The molecule has 0 saturated carbocycles. The molecule has 1 N–H and O–H groups in total. The zero-order valence-corrected chi connectivity index (χ0v) is 11.3. The van der Waals surface area contributed by atoms with Gasteiger partial charge in [0.15, 0.2) is 0 Å². The highest BCUT2D eigenvalue weighted by Crippen LogP contribution is 2.27. The molecule has 0 fully saturated rings. The van der Waals surface area contributed by atoms with Crippen LogP contribution >= 0.6 is 0 Å². The van der Waals surface area contributed by atoms with Crippen LogP contribution in [0.3, 0.4) is 0 Å². The van der Waals surface area contributed by atoms with Crippen molar-refractivity contribution >= 4 is 0 Å². The first-order valence-corrected chi connectivity index (χ1v) is 6.31. The zero-order valence-electron chi connectivity index (χ0n) is 11.3. The Labute approximate surface area is 100 Å². The third-order valence-electron chi connectivity index (χ3n) is 3.71. The molecule has 0 aliphatic carbocycles. The Hall–Kier alpha value is -0.820. The molecule has 2 unspecified atom stereocenters. The zero-order chi connectivity index (χ0) is 12.1. The molecule has 0 radical (unpaired) electrons. The Balaban J connectivity index is 2.96. The molecule has 16 heavy (non-hydrogen) atoms. The fourth-order valence-corrected chi connectivity index (χ4v) is 2.15. The first kappa shape index (κ1) is 13.2. The van der Waals surface area contributed by atoms with Gasteiger partial charge < -0.3 is 5.32 Å². The van der Waals surface area contributed by atoms with E-state index >= 15 is 0 Å². The molecule has 0 heterocycles. The van der Waals surface area contributed by atoms with E-state index in [2.05, 4.69) is 51.2 Å². The lowest BCUT2D eigenvalue weighted by Gasteiger charge is -2.24. The largest absolute Gasteiger partial charge is 0.319 e. The predicted octanol–water partition coefficient (Wildman–Crippen LogP) is 3.65. The second-order valence-electron chi connectivity index (χ2n) is 4.89. The molecule has 0 saturated heterocycles. The topological polar surface area (TPSA) is 12.0 Å². The fourth-order valence-electron chi connectivity index (χ4n) is 2.15. The minimum Gasteiger partial charge on any atom is -0.319 e. The Bertz CT molecular complexity index is 330. The van der Waals surface area contributed by atoms with Crippen LogP contribution in [-0.2, 0) is 0 Å². The van der Waals surface area contributed by atoms with E-state index in [1.807, 2.05) is 7.05 Å². The van der Waals surface area contributed by atoms with Gasteiger partial charge in [0.2, 0.25) is 0 Å². The van der Waals surface area contributed by atoms with Gasteiger partial charge in [-0.2, -0.15) is 0 Å². The molecular formula is C15H25N. The summed E-state index contributed by atoms with van der Waals surface area (Å²) in [7, 11) is 2.04. The van der Waals surface area contributed by atoms with Crippen LogP contribution in [-0.4, -0.2) is 13.6 Å². The van der Waals surface area contributed by atoms with Crippen molar-refractivity contribution in [1.82, 2.24) is 5.32 Å². The van der Waals surface area contributed by atoms with Gasteiger partial charge in [0.1, 0.15) is 0 Å². The minimum atomic E-state index is 0.634. The van der Waals surface area contributed by atoms with Gasteiger partial charge in [0.05, 0.1) is 0 Å². The third kappa shape index (κ3) is 3.08. The van der Waals surface area contributed by atoms with Crippen LogP contribution in [0, 0.1) is 19.8 Å². The number of hydrogen-bond donors (Lipinski definition) is 1. The molecule has 0 amide bonds. The summed E-state index contributed by atoms with van der Waals surface area (Å²) < 4.78 is 0. The Kier molecular flexibility index (Phi) is 5.01. The quantitative estimate of drug-likeness (QED) is 0.797. The van der Waals surface area contributed by atoms with E-state index in [9.17, 15) is 0 Å². The maximum Gasteiger partial charge on any atom is 0.00197 e. The van der Waals surface area contributed by atoms with Crippen molar-refractivity contribution < 1.29 is 0 Å². The van der Waals surface area contributed by atoms with E-state index in [1.54, 1.807) is 0 Å². The second-order valence-corrected chi connectivity index (χ2v) is 4.89. The fraction of sp³-hybridized carbons (Fsp3) is 0.600. The maximum atomic E-state index is 3.32. The van der Waals surface area contributed by atoms with E-state index in [4.69, 9.17) is 0 Å². The van der Waals surface area contributed by atoms with Gasteiger partial charge in [-0.3, -0.25) is 0 Å². The van der Waals surface area contributed by atoms with Crippen molar-refractivity contribution in [1.29, 1.82) is 0 Å². The molecule has 0 aromatic heterocycles. The number of benzene rings is 1. The van der Waals surface area contributed by atoms with Crippen molar-refractivity contribution in [3.05, 3.63) is 34.9 Å². The number of likely N-dealkylation sites (N-methyl/N-ethyl adjacent to an activating group) is 1. The summed E-state index contributed by atoms with van der Waals surface area (Å²) in [4.78, 5) is 0. The Morgan fingerprint density at radius 1 is 1.19 bits per heavy atom. The first-order valence-electron chi connectivity index (χ1n) is 6.31. The van der Waals surface area contributed by atoms with Gasteiger partial charge in [-0.25, -0.2) is 0 Å². The summed E-state index contributed by atoms with van der Waals surface area (Å²) in [6.07, 6.45) is 1.24. The minimum absolute atomic E-state index is 0.634. The standard InChI is InChI=1S/C15H25N/c1-6-11(2)15(10-16-5)14-8-7-12(3)13(4)9-14/h7-9,11,15-16H,6,10H2,1-5H3. The van der Waals surface area contributed by atoms with Crippen LogP contribution in [0.2, 0.25) is 0 Å². The molecule has 1 rings (SSSR count). The van der Waals surface area contributed by atoms with Gasteiger partial charge in [-0.05, 0) is 49.4 Å². The summed E-state index contributed by atoms with van der Waals surface area (Å²) in [5.41, 5.74) is 4.27. The lowest BCUT2D eigenvalue weighted by atomic mass is 9.84. The Morgan fingerprint density at radius 3 is 2.38 bits per heavy atom. The van der Waals surface area contributed by atoms with Crippen LogP contribution in [0.4, 0.5) is 0 Å². The molecule has 0 aliphatic rings. The van der Waals surface area contributed by atoms with Crippen LogP contribution in [0.15, 0.2) is 18.2 Å². The Morgan fingerprint density at radius 2 is 1.88 bits per heavy atom. The highest BCUT2D eigenvalue weighted by molar-refractivity contribution is 5.32. The van der Waals surface area contributed by atoms with E-state index < -0.39 is 0 Å². The number of aryl methyl sites for hydroxylation is 2. The summed E-state index contributed by atoms with van der Waals surface area (Å²) >= 11 is 0. The predicted molar refractivity (Wildman–Crippen MR) is 72.0 cm³/mol. The van der Waals surface area contributed by atoms with Gasteiger partial charge in [-0.1, -0.05) is 38.5 Å². The maximum absolute atomic E-state index is 3.32. The molecule has 1 aromatic carbocycles. The second kappa shape index (κ2) is 6.05. The molecule has 1 nitrogen and oxygen atoms in total. The highest BCUT2D eigenvalue weighted by atomic mass is 14.8. The molecule has 0 aliphatic heterocycles. The van der Waals surface area contributed by atoms with Gasteiger partial charge >= 0.3 is 0 Å². The van der Waals surface area contributed by atoms with Crippen molar-refractivity contribution in [2.24, 2.45) is 5.92 Å². The van der Waals surface area contributed by atoms with Crippen LogP contribution in [0.1, 0.15) is 42.9 Å². The summed E-state index contributed by atoms with van der Waals surface area (Å²) in [6.45, 7) is 10.1. The molecule has 0 bridgehead atoms. The molecule has 90 valence electrons. The van der Waals surface area contributed by atoms with Crippen molar-refractivity contribution in [2.75, 3.05) is 13.6 Å². The summed E-state index contributed by atoms with van der Waals surface area (Å²) in [5.74, 6) is 1.36. The lowest BCUT2D eigenvalue weighted by Crippen LogP contribution is -2.22. The van der Waals surface area contributed by atoms with Crippen molar-refractivity contribution in [2.45, 2.75) is 40.0 Å². The molecule has 0 spiro atoms. The average Bonchev–Trinajstić information content (AvgIpc) is 2.29. The molecular weight excluding hydrogens is 194 g/mol. The molecule has 2 atom stereocenters. The van der Waals surface area contributed by atoms with Crippen LogP contribution in [0.5, 0.6) is 0 Å². The van der Waals surface area contributed by atoms with Gasteiger partial charge in [0, 0.05) is 6.54 Å². The normalized spacial score (nSPS) is 14.8. The monoisotopic (exact) mass is 219 g/mol. The van der Waals surface area contributed by atoms with E-state index in [0.29, 0.717) is 5.92 Å². The number of hydrogen-bond acceptors (Lipinski definition) is 1. The smallest absolute Gasteiger partial charge is 0.00197 e. The number of nitrogens with one attached hydrogen (secondary N) is 1. The van der Waals surface area contributed by atoms with Gasteiger partial charge in [-0.15, -0.1) is 0 Å². The van der Waals surface area contributed by atoms with E-state index in [-0.39, 0.29) is 0 Å². The molecule has 1 heteroatoms. The van der Waals surface area contributed by atoms with Crippen molar-refractivity contribution in [3.63, 3.8) is 0 Å². The first-order chi connectivity index (χ1) is 7.60. The SMILES string of the molecule is CCC(C)C(CNC)c1ccc(C)c(C)c1. The van der Waals surface area contributed by atoms with Crippen LogP contribution < -0.4 is 5.32 Å². The average molecular weight is 219 g/mol. The highest BCUT2D eigenvalue weighted by Gasteiger charge is 2.17. The molecule has 1 aromatic rings.